The van der Waals surface area contributed by atoms with Gasteiger partial charge in [0.15, 0.2) is 11.5 Å². The molecule has 0 bridgehead atoms. The van der Waals surface area contributed by atoms with Crippen LogP contribution in [0.5, 0.6) is 17.2 Å². The molecular formula is C31H33Cl2FN2O7S. The van der Waals surface area contributed by atoms with Gasteiger partial charge in [-0.15, -0.1) is 0 Å². The summed E-state index contributed by atoms with van der Waals surface area (Å²) in [6.45, 7) is 2.12. The van der Waals surface area contributed by atoms with Gasteiger partial charge in [-0.1, -0.05) is 29.3 Å². The first-order valence-corrected chi connectivity index (χ1v) is 16.9. The number of halogens is 3. The maximum absolute atomic E-state index is 13.8. The number of esters is 1. The summed E-state index contributed by atoms with van der Waals surface area (Å²) in [4.78, 5) is 17.6. The largest absolute Gasteiger partial charge is 0.491 e. The van der Waals surface area contributed by atoms with Crippen molar-refractivity contribution in [2.75, 3.05) is 24.2 Å². The maximum atomic E-state index is 13.8. The molecule has 2 saturated carbocycles. The zero-order valence-corrected chi connectivity index (χ0v) is 26.6. The molecule has 0 radical (unpaired) electrons. The van der Waals surface area contributed by atoms with Gasteiger partial charge >= 0.3 is 5.97 Å². The number of hydrogen-bond donors (Lipinski definition) is 1. The van der Waals surface area contributed by atoms with Gasteiger partial charge in [-0.25, -0.2) is 17.6 Å². The number of rotatable bonds is 15. The standard InChI is InChI=1S/C31H33Cl2FN2O7S/c1-18(34)42-27-10-8-21(11-30(27)41-17-20-5-6-20)28(13-23-24(32)14-35-15-25(23)33)43-31(37)22-7-9-26(36-44(2,38)39)29(12-22)40-16-19-3-4-19/h7-12,14-15,18-20,28,36H,3-6,13,16-17H2,1-2H3/t18?,28-/m0/s1. The molecule has 1 aromatic heterocycles. The number of benzene rings is 2. The molecular weight excluding hydrogens is 634 g/mol. The van der Waals surface area contributed by atoms with Crippen molar-refractivity contribution in [3.63, 3.8) is 0 Å². The summed E-state index contributed by atoms with van der Waals surface area (Å²) in [7, 11) is -3.60. The van der Waals surface area contributed by atoms with Crippen LogP contribution in [0.3, 0.4) is 0 Å². The quantitative estimate of drug-likeness (QED) is 0.170. The van der Waals surface area contributed by atoms with Crippen LogP contribution < -0.4 is 18.9 Å². The van der Waals surface area contributed by atoms with Gasteiger partial charge in [0.1, 0.15) is 11.9 Å². The normalized spacial score (nSPS) is 16.1. The van der Waals surface area contributed by atoms with Crippen molar-refractivity contribution in [2.24, 2.45) is 11.8 Å². The van der Waals surface area contributed by atoms with E-state index in [9.17, 15) is 17.6 Å². The molecule has 0 spiro atoms. The highest BCUT2D eigenvalue weighted by Crippen LogP contribution is 2.39. The molecule has 1 N–H and O–H groups in total. The second-order valence-electron chi connectivity index (χ2n) is 11.1. The SMILES string of the molecule is CC(F)Oc1ccc([C@H](Cc2c(Cl)cncc2Cl)OC(=O)c2ccc(NS(C)(=O)=O)c(OCC3CC3)c2)cc1OCC1CC1. The first kappa shape index (κ1) is 32.1. The Morgan fingerprint density at radius 1 is 0.977 bits per heavy atom. The van der Waals surface area contributed by atoms with Gasteiger partial charge in [-0.2, -0.15) is 0 Å². The molecule has 2 fully saturated rings. The lowest BCUT2D eigenvalue weighted by molar-refractivity contribution is 0.0296. The fraction of sp³-hybridized carbons (Fsp3) is 0.419. The molecule has 0 amide bonds. The van der Waals surface area contributed by atoms with Crippen LogP contribution in [-0.4, -0.2) is 45.2 Å². The van der Waals surface area contributed by atoms with Crippen LogP contribution in [0.2, 0.25) is 10.0 Å². The fourth-order valence-corrected chi connectivity index (χ4v) is 5.48. The van der Waals surface area contributed by atoms with E-state index in [0.29, 0.717) is 52.0 Å². The van der Waals surface area contributed by atoms with Gasteiger partial charge in [0.05, 0.1) is 40.8 Å². The van der Waals surface area contributed by atoms with Crippen molar-refractivity contribution in [3.8, 4) is 17.2 Å². The number of ether oxygens (including phenoxy) is 4. The van der Waals surface area contributed by atoms with E-state index in [-0.39, 0.29) is 29.2 Å². The highest BCUT2D eigenvalue weighted by atomic mass is 35.5. The third kappa shape index (κ3) is 9.12. The van der Waals surface area contributed by atoms with Crippen LogP contribution in [0.4, 0.5) is 10.1 Å². The zero-order valence-electron chi connectivity index (χ0n) is 24.2. The molecule has 13 heteroatoms. The molecule has 0 saturated heterocycles. The molecule has 0 aliphatic heterocycles. The predicted molar refractivity (Wildman–Crippen MR) is 165 cm³/mol. The number of hydrogen-bond acceptors (Lipinski definition) is 8. The Morgan fingerprint density at radius 3 is 2.20 bits per heavy atom. The topological polar surface area (TPSA) is 113 Å². The molecule has 2 aliphatic rings. The van der Waals surface area contributed by atoms with Gasteiger partial charge < -0.3 is 18.9 Å². The molecule has 1 unspecified atom stereocenters. The third-order valence-corrected chi connectivity index (χ3v) is 8.32. The number of pyridine rings is 1. The van der Waals surface area contributed by atoms with E-state index in [1.54, 1.807) is 18.2 Å². The number of carbonyl (C=O) groups excluding carboxylic acids is 1. The van der Waals surface area contributed by atoms with Crippen LogP contribution in [0.15, 0.2) is 48.8 Å². The second-order valence-corrected chi connectivity index (χ2v) is 13.7. The fourth-order valence-electron chi connectivity index (χ4n) is 4.39. The van der Waals surface area contributed by atoms with Crippen molar-refractivity contribution in [1.82, 2.24) is 4.98 Å². The number of aromatic nitrogens is 1. The third-order valence-electron chi connectivity index (χ3n) is 7.08. The zero-order chi connectivity index (χ0) is 31.4. The van der Waals surface area contributed by atoms with E-state index in [1.165, 1.54) is 37.5 Å². The smallest absolute Gasteiger partial charge is 0.338 e. The van der Waals surface area contributed by atoms with Gasteiger partial charge in [0, 0.05) is 25.7 Å². The number of carbonyl (C=O) groups is 1. The van der Waals surface area contributed by atoms with Crippen molar-refractivity contribution in [3.05, 3.63) is 75.5 Å². The maximum Gasteiger partial charge on any atom is 0.338 e. The Hall–Kier alpha value is -3.28. The average Bonchev–Trinajstić information content (AvgIpc) is 3.88. The molecule has 3 aromatic rings. The number of alkyl halides is 1. The Kier molecular flexibility index (Phi) is 10.1. The summed E-state index contributed by atoms with van der Waals surface area (Å²) in [5, 5.41) is 0.587. The summed E-state index contributed by atoms with van der Waals surface area (Å²) in [5.74, 6) is 0.871. The van der Waals surface area contributed by atoms with Gasteiger partial charge in [0.2, 0.25) is 16.4 Å². The van der Waals surface area contributed by atoms with Crippen molar-refractivity contribution < 1.29 is 36.6 Å². The first-order valence-electron chi connectivity index (χ1n) is 14.3. The lowest BCUT2D eigenvalue weighted by Gasteiger charge is -2.22. The number of nitrogens with one attached hydrogen (secondary N) is 1. The van der Waals surface area contributed by atoms with Crippen LogP contribution in [0, 0.1) is 11.8 Å². The molecule has 236 valence electrons. The molecule has 1 heterocycles. The number of anilines is 1. The Balaban J connectivity index is 1.46. The van der Waals surface area contributed by atoms with E-state index < -0.39 is 28.5 Å². The molecule has 2 atom stereocenters. The molecule has 2 aliphatic carbocycles. The van der Waals surface area contributed by atoms with E-state index in [4.69, 9.17) is 42.1 Å². The van der Waals surface area contributed by atoms with Crippen molar-refractivity contribution in [1.29, 1.82) is 0 Å². The highest BCUT2D eigenvalue weighted by Gasteiger charge is 2.27. The molecule has 2 aromatic carbocycles. The predicted octanol–water partition coefficient (Wildman–Crippen LogP) is 7.17. The summed E-state index contributed by atoms with van der Waals surface area (Å²) in [6, 6.07) is 9.24. The first-order chi connectivity index (χ1) is 20.9. The Labute approximate surface area is 266 Å². The molecule has 5 rings (SSSR count). The Morgan fingerprint density at radius 2 is 1.61 bits per heavy atom. The minimum absolute atomic E-state index is 0.0897. The Bertz CT molecular complexity index is 1590. The summed E-state index contributed by atoms with van der Waals surface area (Å²) in [5.41, 5.74) is 1.41. The van der Waals surface area contributed by atoms with Crippen LogP contribution >= 0.6 is 23.2 Å². The van der Waals surface area contributed by atoms with Crippen LogP contribution in [0.1, 0.15) is 60.2 Å². The van der Waals surface area contributed by atoms with Gasteiger partial charge in [-0.05, 0) is 79.0 Å². The monoisotopic (exact) mass is 666 g/mol. The second kappa shape index (κ2) is 13.8. The lowest BCUT2D eigenvalue weighted by Crippen LogP contribution is -2.16. The van der Waals surface area contributed by atoms with E-state index >= 15 is 0 Å². The average molecular weight is 668 g/mol. The lowest BCUT2D eigenvalue weighted by atomic mass is 10.0. The number of sulfonamides is 1. The van der Waals surface area contributed by atoms with Gasteiger partial charge in [-0.3, -0.25) is 9.71 Å². The summed E-state index contributed by atoms with van der Waals surface area (Å²) in [6.07, 6.45) is 5.70. The van der Waals surface area contributed by atoms with E-state index in [0.717, 1.165) is 31.9 Å². The molecule has 9 nitrogen and oxygen atoms in total. The van der Waals surface area contributed by atoms with E-state index in [1.807, 2.05) is 0 Å². The summed E-state index contributed by atoms with van der Waals surface area (Å²) < 4.78 is 63.3. The van der Waals surface area contributed by atoms with Crippen LogP contribution in [0.25, 0.3) is 0 Å². The minimum Gasteiger partial charge on any atom is -0.491 e. The van der Waals surface area contributed by atoms with Gasteiger partial charge in [0.25, 0.3) is 0 Å². The van der Waals surface area contributed by atoms with Crippen LogP contribution in [-0.2, 0) is 21.2 Å². The van der Waals surface area contributed by atoms with E-state index in [2.05, 4.69) is 9.71 Å². The number of nitrogens with zero attached hydrogens (tertiary/aromatic N) is 1. The minimum atomic E-state index is -3.60. The highest BCUT2D eigenvalue weighted by molar-refractivity contribution is 7.92. The summed E-state index contributed by atoms with van der Waals surface area (Å²) >= 11 is 12.9. The molecule has 44 heavy (non-hydrogen) atoms. The van der Waals surface area contributed by atoms with Crippen molar-refractivity contribution >= 4 is 44.9 Å². The van der Waals surface area contributed by atoms with Crippen molar-refractivity contribution in [2.45, 2.75) is 51.5 Å².